The fourth-order valence-electron chi connectivity index (χ4n) is 2.75. The van der Waals surface area contributed by atoms with Gasteiger partial charge in [-0.05, 0) is 25.1 Å². The Balaban J connectivity index is 0.00000243. The van der Waals surface area contributed by atoms with Gasteiger partial charge in [0.15, 0.2) is 5.69 Å². The zero-order chi connectivity index (χ0) is 17.8. The van der Waals surface area contributed by atoms with E-state index in [9.17, 15) is 9.18 Å². The fraction of sp³-hybridized carbons (Fsp3) is 0.438. The number of nitrogens with one attached hydrogen (secondary N) is 2. The molecule has 2 N–H and O–H groups in total. The first-order chi connectivity index (χ1) is 12.1. The number of nitrogens with zero attached hydrogens (tertiary/aromatic N) is 4. The summed E-state index contributed by atoms with van der Waals surface area (Å²) in [6, 6.07) is 4.24. The molecular weight excluding hydrogens is 382 g/mol. The van der Waals surface area contributed by atoms with Crippen LogP contribution in [0.4, 0.5) is 4.39 Å². The molecule has 0 unspecified atom stereocenters. The minimum Gasteiger partial charge on any atom is -0.349 e. The van der Waals surface area contributed by atoms with Crippen molar-refractivity contribution in [3.05, 3.63) is 40.4 Å². The molecule has 1 fully saturated rings. The van der Waals surface area contributed by atoms with Crippen molar-refractivity contribution in [1.82, 2.24) is 30.5 Å². The van der Waals surface area contributed by atoms with Gasteiger partial charge in [-0.1, -0.05) is 16.8 Å². The Bertz CT molecular complexity index is 763. The minimum absolute atomic E-state index is 0. The number of aromatic nitrogens is 3. The third-order valence-corrected chi connectivity index (χ3v) is 4.47. The highest BCUT2D eigenvalue weighted by Gasteiger charge is 2.18. The first-order valence-corrected chi connectivity index (χ1v) is 8.53. The van der Waals surface area contributed by atoms with Crippen LogP contribution in [0.5, 0.6) is 0 Å². The number of carbonyl (C=O) groups is 1. The molecule has 0 bridgehead atoms. The van der Waals surface area contributed by atoms with E-state index in [4.69, 9.17) is 11.6 Å². The Morgan fingerprint density at radius 2 is 2.12 bits per heavy atom. The van der Waals surface area contributed by atoms with E-state index in [0.717, 1.165) is 32.7 Å². The van der Waals surface area contributed by atoms with Crippen molar-refractivity contribution in [3.63, 3.8) is 0 Å². The van der Waals surface area contributed by atoms with E-state index < -0.39 is 5.82 Å². The third-order valence-electron chi connectivity index (χ3n) is 4.18. The summed E-state index contributed by atoms with van der Waals surface area (Å²) in [5.41, 5.74) is 1.37. The van der Waals surface area contributed by atoms with Crippen molar-refractivity contribution >= 4 is 29.9 Å². The second-order valence-corrected chi connectivity index (χ2v) is 6.29. The Morgan fingerprint density at radius 1 is 1.38 bits per heavy atom. The van der Waals surface area contributed by atoms with Gasteiger partial charge in [-0.3, -0.25) is 9.69 Å². The number of hydrogen-bond donors (Lipinski definition) is 2. The quantitative estimate of drug-likeness (QED) is 0.790. The van der Waals surface area contributed by atoms with Crippen LogP contribution >= 0.6 is 24.0 Å². The van der Waals surface area contributed by atoms with Gasteiger partial charge in [-0.25, -0.2) is 9.07 Å². The van der Waals surface area contributed by atoms with E-state index in [1.807, 2.05) is 0 Å². The maximum absolute atomic E-state index is 13.3. The molecule has 1 aromatic carbocycles. The lowest BCUT2D eigenvalue weighted by atomic mass is 10.2. The van der Waals surface area contributed by atoms with Crippen LogP contribution in [0.2, 0.25) is 5.02 Å². The van der Waals surface area contributed by atoms with Crippen molar-refractivity contribution in [3.8, 4) is 5.69 Å². The molecule has 2 heterocycles. The van der Waals surface area contributed by atoms with Crippen LogP contribution in [0, 0.1) is 12.7 Å². The number of benzene rings is 1. The molecule has 10 heteroatoms. The summed E-state index contributed by atoms with van der Waals surface area (Å²) in [5.74, 6) is -0.777. The van der Waals surface area contributed by atoms with Crippen LogP contribution in [-0.4, -0.2) is 65.1 Å². The van der Waals surface area contributed by atoms with Crippen molar-refractivity contribution < 1.29 is 9.18 Å². The summed E-state index contributed by atoms with van der Waals surface area (Å²) in [5, 5.41) is 14.1. The molecule has 1 aliphatic rings. The van der Waals surface area contributed by atoms with Crippen molar-refractivity contribution in [2.45, 2.75) is 6.92 Å². The molecule has 0 radical (unpaired) electrons. The molecule has 142 valence electrons. The Morgan fingerprint density at radius 3 is 2.81 bits per heavy atom. The topological polar surface area (TPSA) is 75.1 Å². The largest absolute Gasteiger partial charge is 0.349 e. The maximum Gasteiger partial charge on any atom is 0.273 e. The van der Waals surface area contributed by atoms with Crippen LogP contribution in [0.1, 0.15) is 16.2 Å². The highest BCUT2D eigenvalue weighted by molar-refractivity contribution is 6.30. The van der Waals surface area contributed by atoms with Gasteiger partial charge in [0.25, 0.3) is 5.91 Å². The van der Waals surface area contributed by atoms with Gasteiger partial charge in [0.2, 0.25) is 0 Å². The first kappa shape index (κ1) is 20.6. The van der Waals surface area contributed by atoms with Gasteiger partial charge in [0, 0.05) is 39.3 Å². The number of amides is 1. The second-order valence-electron chi connectivity index (χ2n) is 5.88. The Hall–Kier alpha value is -1.74. The summed E-state index contributed by atoms with van der Waals surface area (Å²) < 4.78 is 14.8. The minimum atomic E-state index is -0.505. The Labute approximate surface area is 162 Å². The van der Waals surface area contributed by atoms with Crippen molar-refractivity contribution in [2.75, 3.05) is 39.3 Å². The molecule has 3 rings (SSSR count). The number of piperazine rings is 1. The van der Waals surface area contributed by atoms with Gasteiger partial charge in [-0.15, -0.1) is 17.5 Å². The average molecular weight is 403 g/mol. The SMILES string of the molecule is Cc1c(C(=O)NCCN2CCNCC2)nnn1-c1ccc(F)c(Cl)c1.Cl. The molecule has 0 atom stereocenters. The second kappa shape index (κ2) is 9.27. The monoisotopic (exact) mass is 402 g/mol. The standard InChI is InChI=1S/C16H20ClFN6O.ClH/c1-11-15(16(25)20-6-9-23-7-4-19-5-8-23)21-22-24(11)12-2-3-14(18)13(17)10-12;/h2-3,10,19H,4-9H2,1H3,(H,20,25);1H. The number of hydrogen-bond acceptors (Lipinski definition) is 5. The molecule has 0 aliphatic carbocycles. The van der Waals surface area contributed by atoms with E-state index in [1.165, 1.54) is 22.9 Å². The van der Waals surface area contributed by atoms with Gasteiger partial charge in [0.05, 0.1) is 16.4 Å². The van der Waals surface area contributed by atoms with Crippen LogP contribution in [-0.2, 0) is 0 Å². The van der Waals surface area contributed by atoms with Crippen LogP contribution < -0.4 is 10.6 Å². The number of carbonyl (C=O) groups excluding carboxylic acids is 1. The van der Waals surface area contributed by atoms with E-state index in [-0.39, 0.29) is 29.0 Å². The lowest BCUT2D eigenvalue weighted by Crippen LogP contribution is -2.46. The normalized spacial score (nSPS) is 14.7. The molecule has 0 spiro atoms. The molecule has 0 saturated carbocycles. The highest BCUT2D eigenvalue weighted by Crippen LogP contribution is 2.20. The average Bonchev–Trinajstić information content (AvgIpc) is 3.00. The zero-order valence-electron chi connectivity index (χ0n) is 14.3. The van der Waals surface area contributed by atoms with Gasteiger partial charge in [-0.2, -0.15) is 0 Å². The molecule has 26 heavy (non-hydrogen) atoms. The predicted octanol–water partition coefficient (Wildman–Crippen LogP) is 1.43. The molecule has 1 aromatic heterocycles. The van der Waals surface area contributed by atoms with Crippen LogP contribution in [0.3, 0.4) is 0 Å². The molecule has 1 aliphatic heterocycles. The van der Waals surface area contributed by atoms with Crippen molar-refractivity contribution in [2.24, 2.45) is 0 Å². The molecule has 1 amide bonds. The van der Waals surface area contributed by atoms with E-state index in [0.29, 0.717) is 17.9 Å². The third kappa shape index (κ3) is 4.70. The summed E-state index contributed by atoms with van der Waals surface area (Å²) in [4.78, 5) is 14.6. The fourth-order valence-corrected chi connectivity index (χ4v) is 2.92. The number of rotatable bonds is 5. The first-order valence-electron chi connectivity index (χ1n) is 8.15. The zero-order valence-corrected chi connectivity index (χ0v) is 15.9. The lowest BCUT2D eigenvalue weighted by molar-refractivity contribution is 0.0941. The highest BCUT2D eigenvalue weighted by atomic mass is 35.5. The van der Waals surface area contributed by atoms with E-state index >= 15 is 0 Å². The van der Waals surface area contributed by atoms with E-state index in [1.54, 1.807) is 6.92 Å². The van der Waals surface area contributed by atoms with Crippen LogP contribution in [0.15, 0.2) is 18.2 Å². The van der Waals surface area contributed by atoms with Gasteiger partial charge >= 0.3 is 0 Å². The molecular formula is C16H21Cl2FN6O. The molecule has 2 aromatic rings. The summed E-state index contributed by atoms with van der Waals surface area (Å²) in [6.45, 7) is 7.00. The van der Waals surface area contributed by atoms with Gasteiger partial charge < -0.3 is 10.6 Å². The lowest BCUT2D eigenvalue weighted by Gasteiger charge is -2.26. The summed E-state index contributed by atoms with van der Waals surface area (Å²) in [7, 11) is 0. The molecule has 1 saturated heterocycles. The van der Waals surface area contributed by atoms with Crippen molar-refractivity contribution in [1.29, 1.82) is 0 Å². The van der Waals surface area contributed by atoms with Crippen LogP contribution in [0.25, 0.3) is 5.69 Å². The number of halogens is 3. The summed E-state index contributed by atoms with van der Waals surface area (Å²) in [6.07, 6.45) is 0. The van der Waals surface area contributed by atoms with E-state index in [2.05, 4.69) is 25.8 Å². The smallest absolute Gasteiger partial charge is 0.273 e. The predicted molar refractivity (Wildman–Crippen MR) is 100.0 cm³/mol. The molecule has 7 nitrogen and oxygen atoms in total. The van der Waals surface area contributed by atoms with Gasteiger partial charge in [0.1, 0.15) is 5.82 Å². The summed E-state index contributed by atoms with van der Waals surface area (Å²) >= 11 is 5.80. The maximum atomic E-state index is 13.3. The Kier molecular flexibility index (Phi) is 7.33.